The summed E-state index contributed by atoms with van der Waals surface area (Å²) in [6.07, 6.45) is 3.38. The second-order valence-electron chi connectivity index (χ2n) is 5.53. The van der Waals surface area contributed by atoms with Crippen molar-refractivity contribution in [3.05, 3.63) is 23.4 Å². The Hall–Kier alpha value is -1.13. The van der Waals surface area contributed by atoms with Crippen molar-refractivity contribution in [1.29, 1.82) is 0 Å². The van der Waals surface area contributed by atoms with E-state index in [2.05, 4.69) is 43.0 Å². The summed E-state index contributed by atoms with van der Waals surface area (Å²) in [6, 6.07) is 4.85. The maximum absolute atomic E-state index is 5.79. The van der Waals surface area contributed by atoms with Gasteiger partial charge in [0.1, 0.15) is 5.82 Å². The number of aryl methyl sites for hydroxylation is 1. The summed E-state index contributed by atoms with van der Waals surface area (Å²) in [5, 5.41) is 0. The predicted molar refractivity (Wildman–Crippen MR) is 80.4 cm³/mol. The molecule has 2 rings (SSSR count). The number of pyridine rings is 1. The van der Waals surface area contributed by atoms with Crippen LogP contribution in [-0.2, 0) is 13.0 Å². The minimum absolute atomic E-state index is 0.587. The van der Waals surface area contributed by atoms with Crippen molar-refractivity contribution in [3.63, 3.8) is 0 Å². The van der Waals surface area contributed by atoms with E-state index >= 15 is 0 Å². The molecule has 0 saturated carbocycles. The van der Waals surface area contributed by atoms with Gasteiger partial charge in [-0.1, -0.05) is 6.92 Å². The fourth-order valence-electron chi connectivity index (χ4n) is 2.68. The van der Waals surface area contributed by atoms with Gasteiger partial charge >= 0.3 is 0 Å². The number of nitrogens with zero attached hydrogens (tertiary/aromatic N) is 3. The molecular formula is C15H26N4. The summed E-state index contributed by atoms with van der Waals surface area (Å²) in [6.45, 7) is 5.07. The minimum atomic E-state index is 0.587. The molecule has 0 unspecified atom stereocenters. The van der Waals surface area contributed by atoms with E-state index in [0.717, 1.165) is 17.9 Å². The highest BCUT2D eigenvalue weighted by Gasteiger charge is 2.21. The molecule has 0 bridgehead atoms. The Bertz CT molecular complexity index is 388. The van der Waals surface area contributed by atoms with E-state index in [9.17, 15) is 0 Å². The van der Waals surface area contributed by atoms with Gasteiger partial charge in [0.05, 0.1) is 0 Å². The van der Waals surface area contributed by atoms with Gasteiger partial charge in [-0.15, -0.1) is 0 Å². The second kappa shape index (κ2) is 6.35. The summed E-state index contributed by atoms with van der Waals surface area (Å²) < 4.78 is 0. The Kier molecular flexibility index (Phi) is 4.77. The maximum Gasteiger partial charge on any atom is 0.129 e. The van der Waals surface area contributed by atoms with Crippen LogP contribution >= 0.6 is 0 Å². The lowest BCUT2D eigenvalue weighted by atomic mass is 10.0. The molecule has 2 N–H and O–H groups in total. The van der Waals surface area contributed by atoms with Crippen molar-refractivity contribution in [3.8, 4) is 0 Å². The first-order chi connectivity index (χ1) is 9.13. The van der Waals surface area contributed by atoms with Crippen molar-refractivity contribution < 1.29 is 0 Å². The lowest BCUT2D eigenvalue weighted by Gasteiger charge is -2.36. The smallest absolute Gasteiger partial charge is 0.129 e. The Morgan fingerprint density at radius 1 is 1.37 bits per heavy atom. The van der Waals surface area contributed by atoms with Gasteiger partial charge in [0.25, 0.3) is 0 Å². The molecular weight excluding hydrogens is 236 g/mol. The quantitative estimate of drug-likeness (QED) is 0.896. The van der Waals surface area contributed by atoms with Gasteiger partial charge in [-0.05, 0) is 57.1 Å². The normalized spacial score (nSPS) is 17.7. The van der Waals surface area contributed by atoms with E-state index in [1.54, 1.807) is 0 Å². The van der Waals surface area contributed by atoms with Gasteiger partial charge in [0, 0.05) is 25.3 Å². The lowest BCUT2D eigenvalue weighted by molar-refractivity contribution is 0.252. The predicted octanol–water partition coefficient (Wildman–Crippen LogP) is 1.63. The van der Waals surface area contributed by atoms with Gasteiger partial charge in [-0.25, -0.2) is 4.98 Å². The third-order valence-electron chi connectivity index (χ3n) is 4.12. The average Bonchev–Trinajstić information content (AvgIpc) is 2.46. The molecule has 1 saturated heterocycles. The van der Waals surface area contributed by atoms with E-state index in [0.29, 0.717) is 12.6 Å². The Labute approximate surface area is 116 Å². The van der Waals surface area contributed by atoms with Gasteiger partial charge in [0.15, 0.2) is 0 Å². The molecule has 0 spiro atoms. The van der Waals surface area contributed by atoms with Gasteiger partial charge in [-0.2, -0.15) is 0 Å². The molecule has 1 fully saturated rings. The standard InChI is InChI=1S/C15H26N4/c1-4-13-9-12(11-16)10-15(17-13)19(3)14-5-7-18(2)8-6-14/h9-10,14H,4-8,11,16H2,1-3H3. The number of likely N-dealkylation sites (tertiary alicyclic amines) is 1. The van der Waals surface area contributed by atoms with E-state index in [4.69, 9.17) is 10.7 Å². The molecule has 4 nitrogen and oxygen atoms in total. The fourth-order valence-corrected chi connectivity index (χ4v) is 2.68. The highest BCUT2D eigenvalue weighted by atomic mass is 15.2. The third kappa shape index (κ3) is 3.45. The number of hydrogen-bond donors (Lipinski definition) is 1. The SMILES string of the molecule is CCc1cc(CN)cc(N(C)C2CCN(C)CC2)n1. The van der Waals surface area contributed by atoms with E-state index in [1.165, 1.54) is 31.5 Å². The highest BCUT2D eigenvalue weighted by molar-refractivity contribution is 5.43. The van der Waals surface area contributed by atoms with Crippen LogP contribution < -0.4 is 10.6 Å². The maximum atomic E-state index is 5.79. The summed E-state index contributed by atoms with van der Waals surface area (Å²) >= 11 is 0. The van der Waals surface area contributed by atoms with Gasteiger partial charge in [-0.3, -0.25) is 0 Å². The topological polar surface area (TPSA) is 45.4 Å². The minimum Gasteiger partial charge on any atom is -0.357 e. The van der Waals surface area contributed by atoms with Crippen molar-refractivity contribution in [2.75, 3.05) is 32.1 Å². The summed E-state index contributed by atoms with van der Waals surface area (Å²) in [4.78, 5) is 9.48. The molecule has 2 heterocycles. The zero-order chi connectivity index (χ0) is 13.8. The van der Waals surface area contributed by atoms with Crippen molar-refractivity contribution in [2.45, 2.75) is 38.8 Å². The monoisotopic (exact) mass is 262 g/mol. The first-order valence-corrected chi connectivity index (χ1v) is 7.25. The number of hydrogen-bond acceptors (Lipinski definition) is 4. The van der Waals surface area contributed by atoms with Crippen LogP contribution in [0.4, 0.5) is 5.82 Å². The summed E-state index contributed by atoms with van der Waals surface area (Å²) in [5.41, 5.74) is 8.10. The fraction of sp³-hybridized carbons (Fsp3) is 0.667. The van der Waals surface area contributed by atoms with Crippen molar-refractivity contribution in [1.82, 2.24) is 9.88 Å². The van der Waals surface area contributed by atoms with Crippen LogP contribution in [0, 0.1) is 0 Å². The highest BCUT2D eigenvalue weighted by Crippen LogP contribution is 2.21. The molecule has 1 aromatic rings. The average molecular weight is 262 g/mol. The first-order valence-electron chi connectivity index (χ1n) is 7.25. The number of anilines is 1. The molecule has 106 valence electrons. The first kappa shape index (κ1) is 14.3. The molecule has 1 aliphatic rings. The zero-order valence-electron chi connectivity index (χ0n) is 12.4. The second-order valence-corrected chi connectivity index (χ2v) is 5.53. The Balaban J connectivity index is 2.15. The number of aromatic nitrogens is 1. The number of rotatable bonds is 4. The van der Waals surface area contributed by atoms with Crippen molar-refractivity contribution >= 4 is 5.82 Å². The van der Waals surface area contributed by atoms with Gasteiger partial charge < -0.3 is 15.5 Å². The molecule has 4 heteroatoms. The molecule has 0 atom stereocenters. The molecule has 1 aromatic heterocycles. The largest absolute Gasteiger partial charge is 0.357 e. The third-order valence-corrected chi connectivity index (χ3v) is 4.12. The number of piperidine rings is 1. The van der Waals surface area contributed by atoms with Gasteiger partial charge in [0.2, 0.25) is 0 Å². The van der Waals surface area contributed by atoms with Crippen LogP contribution in [0.5, 0.6) is 0 Å². The van der Waals surface area contributed by atoms with Crippen LogP contribution in [0.15, 0.2) is 12.1 Å². The molecule has 19 heavy (non-hydrogen) atoms. The van der Waals surface area contributed by atoms with Crippen LogP contribution in [-0.4, -0.2) is 43.1 Å². The Morgan fingerprint density at radius 3 is 2.63 bits per heavy atom. The summed E-state index contributed by atoms with van der Waals surface area (Å²) in [7, 11) is 4.36. The van der Waals surface area contributed by atoms with E-state index in [1.807, 2.05) is 0 Å². The van der Waals surface area contributed by atoms with E-state index < -0.39 is 0 Å². The molecule has 0 aliphatic carbocycles. The molecule has 0 radical (unpaired) electrons. The molecule has 0 amide bonds. The lowest BCUT2D eigenvalue weighted by Crippen LogP contribution is -2.42. The van der Waals surface area contributed by atoms with Crippen LogP contribution in [0.3, 0.4) is 0 Å². The number of nitrogens with two attached hydrogens (primary N) is 1. The van der Waals surface area contributed by atoms with Crippen LogP contribution in [0.1, 0.15) is 31.0 Å². The molecule has 0 aromatic carbocycles. The Morgan fingerprint density at radius 2 is 2.05 bits per heavy atom. The zero-order valence-corrected chi connectivity index (χ0v) is 12.4. The molecule has 1 aliphatic heterocycles. The van der Waals surface area contributed by atoms with Crippen LogP contribution in [0.2, 0.25) is 0 Å². The van der Waals surface area contributed by atoms with E-state index in [-0.39, 0.29) is 0 Å². The van der Waals surface area contributed by atoms with Crippen molar-refractivity contribution in [2.24, 2.45) is 5.73 Å². The van der Waals surface area contributed by atoms with Crippen LogP contribution in [0.25, 0.3) is 0 Å². The summed E-state index contributed by atoms with van der Waals surface area (Å²) in [5.74, 6) is 1.08.